The number of aliphatic carboxylic acids is 1. The minimum absolute atomic E-state index is 0.0198. The van der Waals surface area contributed by atoms with E-state index < -0.39 is 39.9 Å². The Morgan fingerprint density at radius 3 is 2.50 bits per heavy atom. The van der Waals surface area contributed by atoms with Gasteiger partial charge in [0.05, 0.1) is 18.1 Å². The van der Waals surface area contributed by atoms with Gasteiger partial charge in [-0.25, -0.2) is 9.18 Å². The van der Waals surface area contributed by atoms with Crippen molar-refractivity contribution in [3.8, 4) is 5.75 Å². The van der Waals surface area contributed by atoms with Crippen molar-refractivity contribution in [1.82, 2.24) is 5.32 Å². The Morgan fingerprint density at radius 1 is 1.31 bits per heavy atom. The predicted octanol–water partition coefficient (Wildman–Crippen LogP) is 2.17. The van der Waals surface area contributed by atoms with Gasteiger partial charge < -0.3 is 15.2 Å². The van der Waals surface area contributed by atoms with Crippen LogP contribution in [-0.4, -0.2) is 35.1 Å². The second kappa shape index (κ2) is 8.06. The average molecular weight is 362 g/mol. The summed E-state index contributed by atoms with van der Waals surface area (Å²) in [6, 6.07) is 8.66. The number of nitro benzene ring substituents is 1. The molecule has 2 N–H and O–H groups in total. The summed E-state index contributed by atoms with van der Waals surface area (Å²) in [5.41, 5.74) is -0.622. The lowest BCUT2D eigenvalue weighted by Crippen LogP contribution is -2.42. The summed E-state index contributed by atoms with van der Waals surface area (Å²) in [6.45, 7) is 0. The standard InChI is InChI=1S/C17H15FN2O6/c1-26-15-8-11(14(20(24)25)9-12(15)18)16(21)19-13(17(22)23)7-10-5-3-2-4-6-10/h2-6,8-9,13H,7H2,1H3,(H,19,21)(H,22,23). The molecular formula is C17H15FN2O6. The van der Waals surface area contributed by atoms with Crippen molar-refractivity contribution in [2.24, 2.45) is 0 Å². The molecule has 0 aromatic heterocycles. The van der Waals surface area contributed by atoms with Crippen LogP contribution >= 0.6 is 0 Å². The summed E-state index contributed by atoms with van der Waals surface area (Å²) >= 11 is 0. The van der Waals surface area contributed by atoms with E-state index in [0.717, 1.165) is 13.2 Å². The molecule has 0 radical (unpaired) electrons. The van der Waals surface area contributed by atoms with Crippen LogP contribution in [-0.2, 0) is 11.2 Å². The van der Waals surface area contributed by atoms with Crippen LogP contribution in [0.5, 0.6) is 5.75 Å². The first-order valence-corrected chi connectivity index (χ1v) is 7.43. The molecule has 1 atom stereocenters. The molecule has 0 saturated carbocycles. The number of hydrogen-bond acceptors (Lipinski definition) is 5. The van der Waals surface area contributed by atoms with Crippen LogP contribution in [0.2, 0.25) is 0 Å². The number of carbonyl (C=O) groups excluding carboxylic acids is 1. The highest BCUT2D eigenvalue weighted by atomic mass is 19.1. The number of halogens is 1. The normalized spacial score (nSPS) is 11.5. The number of nitrogens with zero attached hydrogens (tertiary/aromatic N) is 1. The monoisotopic (exact) mass is 362 g/mol. The molecule has 0 aliphatic carbocycles. The third kappa shape index (κ3) is 4.32. The maximum atomic E-state index is 13.7. The van der Waals surface area contributed by atoms with Crippen molar-refractivity contribution in [2.45, 2.75) is 12.5 Å². The molecule has 0 saturated heterocycles. The van der Waals surface area contributed by atoms with Crippen molar-refractivity contribution in [3.63, 3.8) is 0 Å². The second-order valence-corrected chi connectivity index (χ2v) is 5.32. The first kappa shape index (κ1) is 18.8. The van der Waals surface area contributed by atoms with Crippen LogP contribution in [0, 0.1) is 15.9 Å². The highest BCUT2D eigenvalue weighted by Gasteiger charge is 2.28. The molecule has 2 aromatic carbocycles. The van der Waals surface area contributed by atoms with E-state index in [4.69, 9.17) is 4.74 Å². The van der Waals surface area contributed by atoms with E-state index in [-0.39, 0.29) is 12.2 Å². The van der Waals surface area contributed by atoms with Gasteiger partial charge in [-0.15, -0.1) is 0 Å². The number of carboxylic acid groups (broad SMARTS) is 1. The van der Waals surface area contributed by atoms with Gasteiger partial charge in [0.15, 0.2) is 11.6 Å². The second-order valence-electron chi connectivity index (χ2n) is 5.32. The number of rotatable bonds is 7. The van der Waals surface area contributed by atoms with E-state index in [2.05, 4.69) is 5.32 Å². The van der Waals surface area contributed by atoms with E-state index in [1.54, 1.807) is 30.3 Å². The Hall–Kier alpha value is -3.49. The molecule has 0 aliphatic heterocycles. The van der Waals surface area contributed by atoms with E-state index in [1.807, 2.05) is 0 Å². The molecule has 0 fully saturated rings. The SMILES string of the molecule is COc1cc(C(=O)NC(Cc2ccccc2)C(=O)O)c([N+](=O)[O-])cc1F. The van der Waals surface area contributed by atoms with Gasteiger partial charge in [0.25, 0.3) is 11.6 Å². The Morgan fingerprint density at radius 2 is 1.96 bits per heavy atom. The molecule has 1 amide bonds. The van der Waals surface area contributed by atoms with Gasteiger partial charge in [0, 0.05) is 12.5 Å². The summed E-state index contributed by atoms with van der Waals surface area (Å²) in [6.07, 6.45) is -0.0198. The fourth-order valence-electron chi connectivity index (χ4n) is 2.32. The third-order valence-corrected chi connectivity index (χ3v) is 3.60. The van der Waals surface area contributed by atoms with Crippen LogP contribution in [0.4, 0.5) is 10.1 Å². The van der Waals surface area contributed by atoms with Crippen LogP contribution in [0.25, 0.3) is 0 Å². The van der Waals surface area contributed by atoms with Crippen molar-refractivity contribution >= 4 is 17.6 Å². The number of nitrogens with one attached hydrogen (secondary N) is 1. The number of carboxylic acids is 1. The Balaban J connectivity index is 2.31. The fourth-order valence-corrected chi connectivity index (χ4v) is 2.32. The van der Waals surface area contributed by atoms with Gasteiger partial charge in [0.2, 0.25) is 0 Å². The molecule has 136 valence electrons. The van der Waals surface area contributed by atoms with Crippen molar-refractivity contribution in [3.05, 3.63) is 69.5 Å². The number of methoxy groups -OCH3 is 1. The number of hydrogen-bond donors (Lipinski definition) is 2. The summed E-state index contributed by atoms with van der Waals surface area (Å²) in [5, 5.41) is 22.6. The summed E-state index contributed by atoms with van der Waals surface area (Å²) < 4.78 is 18.4. The minimum Gasteiger partial charge on any atom is -0.494 e. The predicted molar refractivity (Wildman–Crippen MR) is 88.6 cm³/mol. The quantitative estimate of drug-likeness (QED) is 0.575. The van der Waals surface area contributed by atoms with Crippen molar-refractivity contribution in [2.75, 3.05) is 7.11 Å². The molecular weight excluding hydrogens is 347 g/mol. The van der Waals surface area contributed by atoms with Gasteiger partial charge in [0.1, 0.15) is 11.6 Å². The number of amides is 1. The Bertz CT molecular complexity index is 841. The first-order valence-electron chi connectivity index (χ1n) is 7.43. The van der Waals surface area contributed by atoms with Crippen molar-refractivity contribution in [1.29, 1.82) is 0 Å². The Kier molecular flexibility index (Phi) is 5.84. The van der Waals surface area contributed by atoms with Crippen LogP contribution in [0.3, 0.4) is 0 Å². The lowest BCUT2D eigenvalue weighted by Gasteiger charge is -2.15. The fraction of sp³-hybridized carbons (Fsp3) is 0.176. The zero-order valence-electron chi connectivity index (χ0n) is 13.6. The molecule has 2 rings (SSSR count). The Labute approximate surface area is 147 Å². The van der Waals surface area contributed by atoms with Gasteiger partial charge >= 0.3 is 5.97 Å². The van der Waals surface area contributed by atoms with E-state index in [9.17, 15) is 29.2 Å². The van der Waals surface area contributed by atoms with Crippen molar-refractivity contribution < 1.29 is 28.7 Å². The number of carbonyl (C=O) groups is 2. The molecule has 9 heteroatoms. The lowest BCUT2D eigenvalue weighted by atomic mass is 10.0. The van der Waals surface area contributed by atoms with Gasteiger partial charge in [-0.2, -0.15) is 0 Å². The largest absolute Gasteiger partial charge is 0.494 e. The minimum atomic E-state index is -1.32. The molecule has 8 nitrogen and oxygen atoms in total. The molecule has 0 aliphatic rings. The first-order chi connectivity index (χ1) is 12.3. The smallest absolute Gasteiger partial charge is 0.326 e. The van der Waals surface area contributed by atoms with Crippen LogP contribution in [0.1, 0.15) is 15.9 Å². The maximum Gasteiger partial charge on any atom is 0.326 e. The molecule has 0 spiro atoms. The van der Waals surface area contributed by atoms with Gasteiger partial charge in [-0.3, -0.25) is 14.9 Å². The topological polar surface area (TPSA) is 119 Å². The zero-order valence-corrected chi connectivity index (χ0v) is 13.6. The highest BCUT2D eigenvalue weighted by Crippen LogP contribution is 2.27. The average Bonchev–Trinajstić information content (AvgIpc) is 2.61. The summed E-state index contributed by atoms with van der Waals surface area (Å²) in [4.78, 5) is 34.0. The van der Waals surface area contributed by atoms with Crippen LogP contribution < -0.4 is 10.1 Å². The summed E-state index contributed by atoms with van der Waals surface area (Å²) in [5.74, 6) is -3.69. The zero-order chi connectivity index (χ0) is 19.3. The molecule has 26 heavy (non-hydrogen) atoms. The maximum absolute atomic E-state index is 13.7. The highest BCUT2D eigenvalue weighted by molar-refractivity contribution is 6.00. The summed E-state index contributed by atoms with van der Waals surface area (Å²) in [7, 11) is 1.14. The van der Waals surface area contributed by atoms with E-state index in [0.29, 0.717) is 11.6 Å². The van der Waals surface area contributed by atoms with Crippen LogP contribution in [0.15, 0.2) is 42.5 Å². The van der Waals surface area contributed by atoms with Gasteiger partial charge in [-0.05, 0) is 5.56 Å². The molecule has 0 bridgehead atoms. The lowest BCUT2D eigenvalue weighted by molar-refractivity contribution is -0.385. The third-order valence-electron chi connectivity index (χ3n) is 3.60. The molecule has 0 heterocycles. The molecule has 2 aromatic rings. The number of nitro groups is 1. The number of ether oxygens (including phenoxy) is 1. The molecule has 1 unspecified atom stereocenters. The van der Waals surface area contributed by atoms with E-state index >= 15 is 0 Å². The van der Waals surface area contributed by atoms with Gasteiger partial charge in [-0.1, -0.05) is 30.3 Å². The number of benzene rings is 2. The van der Waals surface area contributed by atoms with E-state index in [1.165, 1.54) is 0 Å².